The standard InChI is InChI=1S/C17H20FN9O2/c1-3-26(4-2)10-13-14(27(25-21-13)16-15(19)23-29-24-16)17(28)22-20-9-11-5-7-12(18)8-6-11/h5-9H,3-4,10H2,1-2H3,(H2,19,23)(H,22,28)/b20-9-. The minimum atomic E-state index is -0.571. The molecule has 0 fully saturated rings. The number of nitrogen functional groups attached to an aromatic ring is 1. The smallest absolute Gasteiger partial charge is 0.292 e. The van der Waals surface area contributed by atoms with E-state index in [0.29, 0.717) is 17.8 Å². The van der Waals surface area contributed by atoms with Gasteiger partial charge in [-0.25, -0.2) is 14.4 Å². The molecule has 0 saturated heterocycles. The van der Waals surface area contributed by atoms with Crippen LogP contribution in [-0.2, 0) is 6.54 Å². The lowest BCUT2D eigenvalue weighted by molar-refractivity contribution is 0.0945. The Hall–Kier alpha value is -3.67. The number of hydrogen-bond acceptors (Lipinski definition) is 9. The molecule has 0 radical (unpaired) electrons. The van der Waals surface area contributed by atoms with Crippen molar-refractivity contribution in [3.05, 3.63) is 47.0 Å². The normalized spacial score (nSPS) is 11.4. The number of nitrogens with one attached hydrogen (secondary N) is 1. The predicted molar refractivity (Wildman–Crippen MR) is 102 cm³/mol. The van der Waals surface area contributed by atoms with Crippen LogP contribution in [0, 0.1) is 5.82 Å². The lowest BCUT2D eigenvalue weighted by atomic mass is 10.2. The van der Waals surface area contributed by atoms with Gasteiger partial charge in [-0.2, -0.15) is 9.78 Å². The molecule has 29 heavy (non-hydrogen) atoms. The second-order valence-electron chi connectivity index (χ2n) is 5.98. The second-order valence-corrected chi connectivity index (χ2v) is 5.98. The number of rotatable bonds is 8. The number of amides is 1. The molecule has 0 saturated carbocycles. The van der Waals surface area contributed by atoms with Gasteiger partial charge >= 0.3 is 0 Å². The van der Waals surface area contributed by atoms with Crippen molar-refractivity contribution in [2.75, 3.05) is 18.8 Å². The highest BCUT2D eigenvalue weighted by Crippen LogP contribution is 2.17. The number of anilines is 1. The zero-order valence-corrected chi connectivity index (χ0v) is 15.9. The van der Waals surface area contributed by atoms with E-state index in [0.717, 1.165) is 17.8 Å². The van der Waals surface area contributed by atoms with Gasteiger partial charge in [-0.1, -0.05) is 31.2 Å². The molecule has 3 rings (SSSR count). The average molecular weight is 401 g/mol. The molecule has 1 amide bonds. The molecule has 2 heterocycles. The molecule has 0 unspecified atom stereocenters. The van der Waals surface area contributed by atoms with Gasteiger partial charge in [0.2, 0.25) is 11.6 Å². The lowest BCUT2D eigenvalue weighted by Crippen LogP contribution is -2.27. The van der Waals surface area contributed by atoms with Crippen LogP contribution < -0.4 is 11.2 Å². The van der Waals surface area contributed by atoms with Crippen LogP contribution in [0.2, 0.25) is 0 Å². The van der Waals surface area contributed by atoms with Crippen LogP contribution >= 0.6 is 0 Å². The van der Waals surface area contributed by atoms with Gasteiger partial charge < -0.3 is 5.73 Å². The fourth-order valence-corrected chi connectivity index (χ4v) is 2.56. The first-order valence-corrected chi connectivity index (χ1v) is 8.87. The molecule has 3 N–H and O–H groups in total. The maximum atomic E-state index is 13.0. The highest BCUT2D eigenvalue weighted by molar-refractivity contribution is 5.95. The summed E-state index contributed by atoms with van der Waals surface area (Å²) in [5.74, 6) is -0.914. The summed E-state index contributed by atoms with van der Waals surface area (Å²) in [6.07, 6.45) is 1.39. The van der Waals surface area contributed by atoms with Crippen molar-refractivity contribution in [1.29, 1.82) is 0 Å². The Morgan fingerprint density at radius 1 is 1.31 bits per heavy atom. The zero-order chi connectivity index (χ0) is 20.8. The first-order valence-electron chi connectivity index (χ1n) is 8.87. The quantitative estimate of drug-likeness (QED) is 0.420. The van der Waals surface area contributed by atoms with Gasteiger partial charge in [-0.3, -0.25) is 9.69 Å². The van der Waals surface area contributed by atoms with Gasteiger partial charge in [0, 0.05) is 6.54 Å². The zero-order valence-electron chi connectivity index (χ0n) is 15.9. The number of carbonyl (C=O) groups is 1. The summed E-state index contributed by atoms with van der Waals surface area (Å²) >= 11 is 0. The van der Waals surface area contributed by atoms with E-state index in [1.165, 1.54) is 30.5 Å². The Labute approximate surface area is 165 Å². The molecule has 0 bridgehead atoms. The fourth-order valence-electron chi connectivity index (χ4n) is 2.56. The largest absolute Gasteiger partial charge is 0.378 e. The highest BCUT2D eigenvalue weighted by atomic mass is 19.1. The summed E-state index contributed by atoms with van der Waals surface area (Å²) in [7, 11) is 0. The van der Waals surface area contributed by atoms with E-state index >= 15 is 0 Å². The van der Waals surface area contributed by atoms with E-state index in [1.54, 1.807) is 0 Å². The summed E-state index contributed by atoms with van der Waals surface area (Å²) in [6.45, 7) is 5.92. The Morgan fingerprint density at radius 3 is 2.66 bits per heavy atom. The summed E-state index contributed by atoms with van der Waals surface area (Å²) < 4.78 is 18.7. The van der Waals surface area contributed by atoms with E-state index < -0.39 is 5.91 Å². The molecule has 11 nitrogen and oxygen atoms in total. The molecule has 12 heteroatoms. The first kappa shape index (κ1) is 20.1. The first-order chi connectivity index (χ1) is 14.0. The van der Waals surface area contributed by atoms with Crippen LogP contribution in [0.4, 0.5) is 10.2 Å². The van der Waals surface area contributed by atoms with Crippen LogP contribution in [-0.4, -0.2) is 55.4 Å². The summed E-state index contributed by atoms with van der Waals surface area (Å²) in [4.78, 5) is 14.9. The van der Waals surface area contributed by atoms with Crippen molar-refractivity contribution < 1.29 is 13.8 Å². The van der Waals surface area contributed by atoms with Gasteiger partial charge in [-0.05, 0) is 41.1 Å². The molecule has 0 aliphatic carbocycles. The van der Waals surface area contributed by atoms with E-state index in [-0.39, 0.29) is 23.1 Å². The number of benzene rings is 1. The van der Waals surface area contributed by atoms with Gasteiger partial charge in [0.25, 0.3) is 5.91 Å². The van der Waals surface area contributed by atoms with Gasteiger partial charge in [0.05, 0.1) is 6.21 Å². The third-order valence-electron chi connectivity index (χ3n) is 4.17. The van der Waals surface area contributed by atoms with Gasteiger partial charge in [0.1, 0.15) is 11.5 Å². The summed E-state index contributed by atoms with van der Waals surface area (Å²) in [5.41, 5.74) is 9.30. The minimum Gasteiger partial charge on any atom is -0.378 e. The Kier molecular flexibility index (Phi) is 6.24. The van der Waals surface area contributed by atoms with Crippen molar-refractivity contribution in [1.82, 2.24) is 35.6 Å². The third kappa shape index (κ3) is 4.60. The van der Waals surface area contributed by atoms with Crippen molar-refractivity contribution >= 4 is 17.9 Å². The van der Waals surface area contributed by atoms with Crippen LogP contribution in [0.1, 0.15) is 35.6 Å². The summed E-state index contributed by atoms with van der Waals surface area (Å²) in [6, 6.07) is 5.66. The molecule has 1 aromatic carbocycles. The molecule has 0 atom stereocenters. The van der Waals surface area contributed by atoms with Crippen LogP contribution in [0.25, 0.3) is 5.82 Å². The minimum absolute atomic E-state index is 0.0341. The summed E-state index contributed by atoms with van der Waals surface area (Å²) in [5, 5.41) is 19.2. The Morgan fingerprint density at radius 2 is 2.03 bits per heavy atom. The van der Waals surface area contributed by atoms with Crippen molar-refractivity contribution in [3.63, 3.8) is 0 Å². The topological polar surface area (TPSA) is 140 Å². The van der Waals surface area contributed by atoms with Gasteiger partial charge in [0.15, 0.2) is 5.69 Å². The molecule has 3 aromatic rings. The molecule has 0 spiro atoms. The second kappa shape index (κ2) is 9.01. The SMILES string of the molecule is CCN(CC)Cc1nnn(-c2nonc2N)c1C(=O)N/N=C\c1ccc(F)cc1. The van der Waals surface area contributed by atoms with Crippen molar-refractivity contribution in [2.45, 2.75) is 20.4 Å². The maximum Gasteiger partial charge on any atom is 0.292 e. The number of nitrogens with zero attached hydrogens (tertiary/aromatic N) is 7. The average Bonchev–Trinajstić information content (AvgIpc) is 3.33. The Balaban J connectivity index is 1.87. The monoisotopic (exact) mass is 401 g/mol. The number of aromatic nitrogens is 5. The predicted octanol–water partition coefficient (Wildman–Crippen LogP) is 0.977. The van der Waals surface area contributed by atoms with E-state index in [2.05, 4.69) is 40.7 Å². The van der Waals surface area contributed by atoms with Crippen molar-refractivity contribution in [3.8, 4) is 5.82 Å². The number of nitrogens with two attached hydrogens (primary N) is 1. The number of halogens is 1. The number of carbonyl (C=O) groups excluding carboxylic acids is 1. The molecule has 152 valence electrons. The molecule has 2 aromatic heterocycles. The number of hydrogen-bond donors (Lipinski definition) is 2. The molecule has 0 aliphatic rings. The lowest BCUT2D eigenvalue weighted by Gasteiger charge is -2.16. The van der Waals surface area contributed by atoms with Crippen LogP contribution in [0.15, 0.2) is 34.0 Å². The fraction of sp³-hybridized carbons (Fsp3) is 0.294. The highest BCUT2D eigenvalue weighted by Gasteiger charge is 2.25. The number of hydrazone groups is 1. The molecular formula is C17H20FN9O2. The van der Waals surface area contributed by atoms with E-state index in [9.17, 15) is 9.18 Å². The third-order valence-corrected chi connectivity index (χ3v) is 4.17. The Bertz CT molecular complexity index is 993. The van der Waals surface area contributed by atoms with Crippen molar-refractivity contribution in [2.24, 2.45) is 5.10 Å². The van der Waals surface area contributed by atoms with Gasteiger partial charge in [-0.15, -0.1) is 5.10 Å². The molecule has 0 aliphatic heterocycles. The van der Waals surface area contributed by atoms with Crippen LogP contribution in [0.5, 0.6) is 0 Å². The van der Waals surface area contributed by atoms with Crippen LogP contribution in [0.3, 0.4) is 0 Å². The van der Waals surface area contributed by atoms with E-state index in [4.69, 9.17) is 5.73 Å². The molecular weight excluding hydrogens is 381 g/mol. The maximum absolute atomic E-state index is 13.0. The van der Waals surface area contributed by atoms with E-state index in [1.807, 2.05) is 13.8 Å².